The summed E-state index contributed by atoms with van der Waals surface area (Å²) in [5.74, 6) is 0. The van der Waals surface area contributed by atoms with E-state index < -0.39 is 0 Å². The average molecular weight is 241 g/mol. The highest BCUT2D eigenvalue weighted by molar-refractivity contribution is 5.84. The normalized spacial score (nSPS) is 10.9. The molecule has 0 aliphatic heterocycles. The van der Waals surface area contributed by atoms with E-state index in [4.69, 9.17) is 0 Å². The van der Waals surface area contributed by atoms with Crippen LogP contribution in [-0.4, -0.2) is 4.98 Å². The van der Waals surface area contributed by atoms with E-state index in [-0.39, 0.29) is 0 Å². The first-order valence-electron chi connectivity index (χ1n) is 7.23. The first-order valence-corrected chi connectivity index (χ1v) is 7.23. The Balaban J connectivity index is 1.88. The summed E-state index contributed by atoms with van der Waals surface area (Å²) in [5.41, 5.74) is 1.41. The van der Waals surface area contributed by atoms with Crippen LogP contribution in [0, 0.1) is 0 Å². The van der Waals surface area contributed by atoms with Gasteiger partial charge in [0.05, 0.1) is 0 Å². The molecule has 0 aliphatic rings. The van der Waals surface area contributed by atoms with Gasteiger partial charge in [0.2, 0.25) is 0 Å². The number of fused-ring (bicyclic) bond motifs is 1. The SMILES string of the molecule is CCCCCCCCc1cncc2ccccc12. The van der Waals surface area contributed by atoms with Crippen molar-refractivity contribution < 1.29 is 0 Å². The summed E-state index contributed by atoms with van der Waals surface area (Å²) in [7, 11) is 0. The van der Waals surface area contributed by atoms with Gasteiger partial charge < -0.3 is 0 Å². The molecule has 0 N–H and O–H groups in total. The van der Waals surface area contributed by atoms with Gasteiger partial charge in [-0.15, -0.1) is 0 Å². The number of pyridine rings is 1. The Bertz CT molecular complexity index is 470. The summed E-state index contributed by atoms with van der Waals surface area (Å²) in [6.07, 6.45) is 13.3. The first-order chi connectivity index (χ1) is 8.92. The molecule has 0 radical (unpaired) electrons. The van der Waals surface area contributed by atoms with E-state index in [1.165, 1.54) is 61.3 Å². The van der Waals surface area contributed by atoms with Crippen molar-refractivity contribution in [1.82, 2.24) is 4.98 Å². The molecule has 0 unspecified atom stereocenters. The van der Waals surface area contributed by atoms with Gasteiger partial charge in [0.1, 0.15) is 0 Å². The zero-order valence-corrected chi connectivity index (χ0v) is 11.4. The summed E-state index contributed by atoms with van der Waals surface area (Å²) in [4.78, 5) is 4.34. The monoisotopic (exact) mass is 241 g/mol. The Labute approximate surface area is 110 Å². The number of hydrogen-bond donors (Lipinski definition) is 0. The highest BCUT2D eigenvalue weighted by atomic mass is 14.6. The third-order valence-corrected chi connectivity index (χ3v) is 3.55. The van der Waals surface area contributed by atoms with Crippen molar-refractivity contribution in [2.45, 2.75) is 51.9 Å². The zero-order chi connectivity index (χ0) is 12.6. The molecule has 2 aromatic rings. The predicted octanol–water partition coefficient (Wildman–Crippen LogP) is 5.14. The topological polar surface area (TPSA) is 12.9 Å². The number of unbranched alkanes of at least 4 members (excludes halogenated alkanes) is 5. The number of aryl methyl sites for hydroxylation is 1. The van der Waals surface area contributed by atoms with Gasteiger partial charge in [-0.25, -0.2) is 0 Å². The van der Waals surface area contributed by atoms with Gasteiger partial charge in [-0.3, -0.25) is 4.98 Å². The molecule has 1 heteroatoms. The second kappa shape index (κ2) is 7.15. The van der Waals surface area contributed by atoms with Gasteiger partial charge in [0.25, 0.3) is 0 Å². The molecule has 0 amide bonds. The molecule has 0 saturated heterocycles. The van der Waals surface area contributed by atoms with Crippen LogP contribution in [0.4, 0.5) is 0 Å². The van der Waals surface area contributed by atoms with Crippen molar-refractivity contribution in [3.8, 4) is 0 Å². The van der Waals surface area contributed by atoms with Crippen LogP contribution in [0.1, 0.15) is 51.0 Å². The van der Waals surface area contributed by atoms with Crippen LogP contribution in [0.25, 0.3) is 10.8 Å². The summed E-state index contributed by atoms with van der Waals surface area (Å²) in [5, 5.41) is 2.64. The fourth-order valence-electron chi connectivity index (χ4n) is 2.47. The number of rotatable bonds is 7. The van der Waals surface area contributed by atoms with Crippen LogP contribution in [0.3, 0.4) is 0 Å². The van der Waals surface area contributed by atoms with Crippen molar-refractivity contribution in [1.29, 1.82) is 0 Å². The third-order valence-electron chi connectivity index (χ3n) is 3.55. The standard InChI is InChI=1S/C17H23N/c1-2-3-4-5-6-7-10-15-13-18-14-16-11-8-9-12-17(15)16/h8-9,11-14H,2-7,10H2,1H3. The molecular weight excluding hydrogens is 218 g/mol. The largest absolute Gasteiger partial charge is 0.264 e. The Morgan fingerprint density at radius 3 is 2.56 bits per heavy atom. The zero-order valence-electron chi connectivity index (χ0n) is 11.4. The van der Waals surface area contributed by atoms with E-state index in [2.05, 4.69) is 36.2 Å². The quantitative estimate of drug-likeness (QED) is 0.612. The van der Waals surface area contributed by atoms with E-state index in [0.717, 1.165) is 0 Å². The number of hydrogen-bond acceptors (Lipinski definition) is 1. The molecule has 0 fully saturated rings. The highest BCUT2D eigenvalue weighted by Gasteiger charge is 2.00. The van der Waals surface area contributed by atoms with Crippen LogP contribution in [-0.2, 0) is 6.42 Å². The summed E-state index contributed by atoms with van der Waals surface area (Å²) in [6.45, 7) is 2.27. The number of benzene rings is 1. The molecule has 0 saturated carbocycles. The second-order valence-corrected chi connectivity index (χ2v) is 5.04. The predicted molar refractivity (Wildman–Crippen MR) is 78.8 cm³/mol. The highest BCUT2D eigenvalue weighted by Crippen LogP contribution is 2.19. The minimum absolute atomic E-state index is 1.17. The molecule has 1 nitrogen and oxygen atoms in total. The molecular formula is C17H23N. The van der Waals surface area contributed by atoms with Crippen LogP contribution >= 0.6 is 0 Å². The fourth-order valence-corrected chi connectivity index (χ4v) is 2.47. The summed E-state index contributed by atoms with van der Waals surface area (Å²) >= 11 is 0. The molecule has 1 aromatic carbocycles. The van der Waals surface area contributed by atoms with Crippen LogP contribution in [0.2, 0.25) is 0 Å². The lowest BCUT2D eigenvalue weighted by Crippen LogP contribution is -1.90. The number of nitrogens with zero attached hydrogens (tertiary/aromatic N) is 1. The van der Waals surface area contributed by atoms with Crippen LogP contribution in [0.5, 0.6) is 0 Å². The maximum atomic E-state index is 4.34. The lowest BCUT2D eigenvalue weighted by Gasteiger charge is -2.05. The van der Waals surface area contributed by atoms with Crippen molar-refractivity contribution >= 4 is 10.8 Å². The molecule has 0 bridgehead atoms. The molecule has 2 rings (SSSR count). The van der Waals surface area contributed by atoms with Crippen molar-refractivity contribution in [2.75, 3.05) is 0 Å². The van der Waals surface area contributed by atoms with Gasteiger partial charge in [-0.1, -0.05) is 63.3 Å². The van der Waals surface area contributed by atoms with Gasteiger partial charge >= 0.3 is 0 Å². The minimum Gasteiger partial charge on any atom is -0.264 e. The second-order valence-electron chi connectivity index (χ2n) is 5.04. The molecule has 0 aliphatic carbocycles. The van der Waals surface area contributed by atoms with Gasteiger partial charge in [0, 0.05) is 17.8 Å². The summed E-state index contributed by atoms with van der Waals surface area (Å²) < 4.78 is 0. The van der Waals surface area contributed by atoms with Crippen LogP contribution < -0.4 is 0 Å². The molecule has 18 heavy (non-hydrogen) atoms. The Hall–Kier alpha value is -1.37. The van der Waals surface area contributed by atoms with Crippen molar-refractivity contribution in [2.24, 2.45) is 0 Å². The summed E-state index contributed by atoms with van der Waals surface area (Å²) in [6, 6.07) is 8.56. The van der Waals surface area contributed by atoms with E-state index >= 15 is 0 Å². The Morgan fingerprint density at radius 2 is 1.67 bits per heavy atom. The van der Waals surface area contributed by atoms with Gasteiger partial charge in [0.15, 0.2) is 0 Å². The lowest BCUT2D eigenvalue weighted by atomic mass is 10.0. The van der Waals surface area contributed by atoms with Crippen LogP contribution in [0.15, 0.2) is 36.7 Å². The Morgan fingerprint density at radius 1 is 0.889 bits per heavy atom. The van der Waals surface area contributed by atoms with E-state index in [1.807, 2.05) is 12.4 Å². The molecule has 0 spiro atoms. The van der Waals surface area contributed by atoms with E-state index in [0.29, 0.717) is 0 Å². The Kier molecular flexibility index (Phi) is 5.19. The maximum absolute atomic E-state index is 4.34. The first kappa shape index (κ1) is 13.1. The van der Waals surface area contributed by atoms with E-state index in [1.54, 1.807) is 0 Å². The smallest absolute Gasteiger partial charge is 0.0346 e. The van der Waals surface area contributed by atoms with Crippen molar-refractivity contribution in [3.05, 3.63) is 42.2 Å². The van der Waals surface area contributed by atoms with E-state index in [9.17, 15) is 0 Å². The molecule has 1 aromatic heterocycles. The fraction of sp³-hybridized carbons (Fsp3) is 0.471. The third kappa shape index (κ3) is 3.56. The maximum Gasteiger partial charge on any atom is 0.0346 e. The van der Waals surface area contributed by atoms with Crippen molar-refractivity contribution in [3.63, 3.8) is 0 Å². The minimum atomic E-state index is 1.17. The number of aromatic nitrogens is 1. The average Bonchev–Trinajstić information content (AvgIpc) is 2.43. The lowest BCUT2D eigenvalue weighted by molar-refractivity contribution is 0.608. The van der Waals surface area contributed by atoms with Gasteiger partial charge in [-0.2, -0.15) is 0 Å². The molecule has 96 valence electrons. The molecule has 0 atom stereocenters. The van der Waals surface area contributed by atoms with Gasteiger partial charge in [-0.05, 0) is 23.8 Å². The molecule has 1 heterocycles.